The average molecular weight is 290 g/mol. The van der Waals surface area contributed by atoms with Crippen molar-refractivity contribution < 1.29 is 4.79 Å². The zero-order chi connectivity index (χ0) is 11.3. The van der Waals surface area contributed by atoms with E-state index in [0.717, 1.165) is 24.3 Å². The molecule has 0 aliphatic rings. The second kappa shape index (κ2) is 6.28. The minimum Gasteiger partial charge on any atom is -0.351 e. The summed E-state index contributed by atoms with van der Waals surface area (Å²) >= 11 is 5.02. The number of carbonyl (C=O) groups is 1. The highest BCUT2D eigenvalue weighted by molar-refractivity contribution is 9.09. The van der Waals surface area contributed by atoms with Gasteiger partial charge in [0.2, 0.25) is 0 Å². The van der Waals surface area contributed by atoms with Gasteiger partial charge in [0, 0.05) is 16.2 Å². The van der Waals surface area contributed by atoms with E-state index in [0.29, 0.717) is 4.83 Å². The smallest absolute Gasteiger partial charge is 0.261 e. The first-order valence-corrected chi connectivity index (χ1v) is 6.87. The number of carbonyl (C=O) groups excluding carboxylic acids is 1. The Morgan fingerprint density at radius 1 is 1.60 bits per heavy atom. The van der Waals surface area contributed by atoms with Crippen LogP contribution in [0.1, 0.15) is 34.8 Å². The van der Waals surface area contributed by atoms with Crippen molar-refractivity contribution in [1.29, 1.82) is 0 Å². The summed E-state index contributed by atoms with van der Waals surface area (Å²) in [6, 6.07) is 3.92. The lowest BCUT2D eigenvalue weighted by Crippen LogP contribution is -2.24. The largest absolute Gasteiger partial charge is 0.351 e. The molecule has 1 N–H and O–H groups in total. The summed E-state index contributed by atoms with van der Waals surface area (Å²) in [7, 11) is 0. The van der Waals surface area contributed by atoms with Crippen molar-refractivity contribution in [2.45, 2.75) is 31.5 Å². The van der Waals surface area contributed by atoms with Crippen LogP contribution in [0.3, 0.4) is 0 Å². The summed E-state index contributed by atoms with van der Waals surface area (Å²) in [5.41, 5.74) is 0. The third-order valence-corrected chi connectivity index (χ3v) is 3.75. The van der Waals surface area contributed by atoms with Gasteiger partial charge >= 0.3 is 0 Å². The predicted molar refractivity (Wildman–Crippen MR) is 69.0 cm³/mol. The Morgan fingerprint density at radius 2 is 2.33 bits per heavy atom. The molecule has 0 radical (unpaired) electrons. The number of rotatable bonds is 5. The number of aryl methyl sites for hydroxylation is 1. The van der Waals surface area contributed by atoms with Crippen LogP contribution in [0.25, 0.3) is 0 Å². The fraction of sp³-hybridized carbons (Fsp3) is 0.545. The van der Waals surface area contributed by atoms with Crippen LogP contribution in [0.15, 0.2) is 12.1 Å². The number of halogens is 1. The average Bonchev–Trinajstić information content (AvgIpc) is 2.65. The summed E-state index contributed by atoms with van der Waals surface area (Å²) in [4.78, 5) is 14.2. The van der Waals surface area contributed by atoms with Crippen molar-refractivity contribution in [3.05, 3.63) is 21.9 Å². The molecule has 1 aromatic heterocycles. The Labute approximate surface area is 103 Å². The molecule has 1 amide bonds. The van der Waals surface area contributed by atoms with Gasteiger partial charge in [-0.15, -0.1) is 11.3 Å². The van der Waals surface area contributed by atoms with E-state index in [2.05, 4.69) is 35.1 Å². The molecule has 0 aromatic carbocycles. The van der Waals surface area contributed by atoms with Gasteiger partial charge < -0.3 is 5.32 Å². The van der Waals surface area contributed by atoms with Crippen molar-refractivity contribution in [1.82, 2.24) is 5.32 Å². The number of nitrogens with one attached hydrogen (secondary N) is 1. The third-order valence-electron chi connectivity index (χ3n) is 2.06. The van der Waals surface area contributed by atoms with Crippen molar-refractivity contribution in [3.63, 3.8) is 0 Å². The molecule has 0 fully saturated rings. The third kappa shape index (κ3) is 4.34. The lowest BCUT2D eigenvalue weighted by atomic mass is 10.3. The number of hydrogen-bond acceptors (Lipinski definition) is 2. The number of amides is 1. The topological polar surface area (TPSA) is 29.1 Å². The maximum absolute atomic E-state index is 11.6. The fourth-order valence-electron chi connectivity index (χ4n) is 1.16. The highest BCUT2D eigenvalue weighted by Gasteiger charge is 2.07. The lowest BCUT2D eigenvalue weighted by Gasteiger charge is -2.04. The van der Waals surface area contributed by atoms with Crippen LogP contribution >= 0.6 is 27.3 Å². The molecule has 0 aliphatic carbocycles. The first-order chi connectivity index (χ1) is 7.13. The molecule has 4 heteroatoms. The quantitative estimate of drug-likeness (QED) is 0.829. The Kier molecular flexibility index (Phi) is 5.32. The van der Waals surface area contributed by atoms with Gasteiger partial charge in [0.05, 0.1) is 4.88 Å². The zero-order valence-corrected chi connectivity index (χ0v) is 11.5. The van der Waals surface area contributed by atoms with E-state index >= 15 is 0 Å². The fourth-order valence-corrected chi connectivity index (χ4v) is 2.25. The number of thiophene rings is 1. The van der Waals surface area contributed by atoms with Gasteiger partial charge in [0.15, 0.2) is 0 Å². The normalized spacial score (nSPS) is 12.5. The highest BCUT2D eigenvalue weighted by atomic mass is 79.9. The Morgan fingerprint density at radius 3 is 2.87 bits per heavy atom. The molecular weight excluding hydrogens is 274 g/mol. The van der Waals surface area contributed by atoms with Gasteiger partial charge in [-0.05, 0) is 25.0 Å². The number of hydrogen-bond donors (Lipinski definition) is 1. The maximum atomic E-state index is 11.6. The molecule has 15 heavy (non-hydrogen) atoms. The molecule has 1 rings (SSSR count). The summed E-state index contributed by atoms with van der Waals surface area (Å²) in [6.07, 6.45) is 1.95. The molecule has 0 saturated heterocycles. The Hall–Kier alpha value is -0.350. The zero-order valence-electron chi connectivity index (χ0n) is 9.05. The van der Waals surface area contributed by atoms with Crippen LogP contribution in [0.2, 0.25) is 0 Å². The molecule has 0 spiro atoms. The summed E-state index contributed by atoms with van der Waals surface area (Å²) in [5, 5.41) is 2.91. The first kappa shape index (κ1) is 12.7. The molecule has 2 nitrogen and oxygen atoms in total. The molecule has 0 bridgehead atoms. The monoisotopic (exact) mass is 289 g/mol. The van der Waals surface area contributed by atoms with Crippen molar-refractivity contribution in [2.75, 3.05) is 6.54 Å². The second-order valence-corrected chi connectivity index (χ2v) is 6.18. The van der Waals surface area contributed by atoms with Crippen LogP contribution in [0.5, 0.6) is 0 Å². The molecule has 0 aliphatic heterocycles. The first-order valence-electron chi connectivity index (χ1n) is 5.14. The van der Waals surface area contributed by atoms with Gasteiger partial charge in [0.25, 0.3) is 5.91 Å². The molecule has 1 unspecified atom stereocenters. The van der Waals surface area contributed by atoms with E-state index in [9.17, 15) is 4.79 Å². The van der Waals surface area contributed by atoms with Gasteiger partial charge in [-0.25, -0.2) is 0 Å². The van der Waals surface area contributed by atoms with Gasteiger partial charge in [-0.1, -0.05) is 29.8 Å². The van der Waals surface area contributed by atoms with Gasteiger partial charge in [0.1, 0.15) is 0 Å². The molecule has 1 atom stereocenters. The van der Waals surface area contributed by atoms with E-state index in [4.69, 9.17) is 0 Å². The van der Waals surface area contributed by atoms with E-state index in [1.54, 1.807) is 11.3 Å². The van der Waals surface area contributed by atoms with Crippen molar-refractivity contribution in [2.24, 2.45) is 0 Å². The Balaban J connectivity index is 2.40. The van der Waals surface area contributed by atoms with Crippen molar-refractivity contribution in [3.8, 4) is 0 Å². The van der Waals surface area contributed by atoms with Crippen LogP contribution in [-0.4, -0.2) is 17.3 Å². The van der Waals surface area contributed by atoms with Crippen LogP contribution in [0, 0.1) is 0 Å². The van der Waals surface area contributed by atoms with Crippen LogP contribution in [0.4, 0.5) is 0 Å². The van der Waals surface area contributed by atoms with Crippen LogP contribution in [-0.2, 0) is 6.42 Å². The van der Waals surface area contributed by atoms with Crippen LogP contribution < -0.4 is 5.32 Å². The molecule has 1 aromatic rings. The molecule has 1 heterocycles. The number of alkyl halides is 1. The molecular formula is C11H16BrNOS. The van der Waals surface area contributed by atoms with E-state index < -0.39 is 0 Å². The van der Waals surface area contributed by atoms with Gasteiger partial charge in [-0.3, -0.25) is 4.79 Å². The second-order valence-electron chi connectivity index (χ2n) is 3.44. The van der Waals surface area contributed by atoms with Crippen molar-refractivity contribution >= 4 is 33.2 Å². The predicted octanol–water partition coefficient (Wildman–Crippen LogP) is 3.21. The summed E-state index contributed by atoms with van der Waals surface area (Å²) < 4.78 is 0. The van der Waals surface area contributed by atoms with Gasteiger partial charge in [-0.2, -0.15) is 0 Å². The summed E-state index contributed by atoms with van der Waals surface area (Å²) in [5.74, 6) is 0.0489. The minimum absolute atomic E-state index is 0.0489. The van der Waals surface area contributed by atoms with E-state index in [-0.39, 0.29) is 5.91 Å². The minimum atomic E-state index is 0.0489. The molecule has 84 valence electrons. The lowest BCUT2D eigenvalue weighted by molar-refractivity contribution is 0.0957. The summed E-state index contributed by atoms with van der Waals surface area (Å²) in [6.45, 7) is 4.90. The Bertz CT molecular complexity index is 322. The SMILES string of the molecule is CCc1ccc(C(=O)NCCC(C)Br)s1. The van der Waals surface area contributed by atoms with E-state index in [1.807, 2.05) is 12.1 Å². The maximum Gasteiger partial charge on any atom is 0.261 e. The standard InChI is InChI=1S/C11H16BrNOS/c1-3-9-4-5-10(15-9)11(14)13-7-6-8(2)12/h4-5,8H,3,6-7H2,1-2H3,(H,13,14). The van der Waals surface area contributed by atoms with E-state index in [1.165, 1.54) is 4.88 Å². The molecule has 0 saturated carbocycles. The highest BCUT2D eigenvalue weighted by Crippen LogP contribution is 2.16.